The van der Waals surface area contributed by atoms with E-state index in [0.29, 0.717) is 12.5 Å². The van der Waals surface area contributed by atoms with Crippen LogP contribution >= 0.6 is 35.7 Å². The number of hydrogen-bond acceptors (Lipinski definition) is 3. The number of fused-ring (bicyclic) bond motifs is 1. The number of thioether (sulfide) groups is 1. The zero-order valence-electron chi connectivity index (χ0n) is 12.0. The first-order chi connectivity index (χ1) is 9.75. The van der Waals surface area contributed by atoms with Gasteiger partial charge in [-0.1, -0.05) is 12.1 Å². The molecule has 1 saturated heterocycles. The number of aryl methyl sites for hydroxylation is 1. The lowest BCUT2D eigenvalue weighted by atomic mass is 10.3. The number of guanidine groups is 1. The van der Waals surface area contributed by atoms with Crippen LogP contribution in [0.5, 0.6) is 0 Å². The van der Waals surface area contributed by atoms with E-state index in [1.54, 1.807) is 0 Å². The summed E-state index contributed by atoms with van der Waals surface area (Å²) >= 11 is 1.97. The predicted molar refractivity (Wildman–Crippen MR) is 100 cm³/mol. The fourth-order valence-electron chi connectivity index (χ4n) is 2.38. The quantitative estimate of drug-likeness (QED) is 0.462. The second-order valence-electron chi connectivity index (χ2n) is 4.85. The minimum atomic E-state index is 0. The highest BCUT2D eigenvalue weighted by Crippen LogP contribution is 2.15. The standard InChI is InChI=1S/C14H19N5S.HI/c1-18-12-5-3-2-4-11(12)17-13(18)10-16-14(15)19-6-8-20-9-7-19;/h2-5H,6-10H2,1H3,(H2,15,16);1H. The van der Waals surface area contributed by atoms with Crippen molar-refractivity contribution in [3.8, 4) is 0 Å². The molecule has 1 aliphatic rings. The molecule has 1 aliphatic heterocycles. The number of aliphatic imine (C=N–C) groups is 1. The second-order valence-corrected chi connectivity index (χ2v) is 6.07. The maximum absolute atomic E-state index is 6.07. The van der Waals surface area contributed by atoms with Crippen LogP contribution in [0.25, 0.3) is 11.0 Å². The Balaban J connectivity index is 0.00000161. The summed E-state index contributed by atoms with van der Waals surface area (Å²) in [6.45, 7) is 2.51. The average Bonchev–Trinajstić information content (AvgIpc) is 2.83. The first-order valence-corrected chi connectivity index (χ1v) is 7.94. The van der Waals surface area contributed by atoms with E-state index in [0.717, 1.165) is 41.5 Å². The molecule has 0 amide bonds. The van der Waals surface area contributed by atoms with Crippen LogP contribution in [0.4, 0.5) is 0 Å². The zero-order chi connectivity index (χ0) is 13.9. The van der Waals surface area contributed by atoms with Crippen LogP contribution in [-0.2, 0) is 13.6 Å². The lowest BCUT2D eigenvalue weighted by molar-refractivity contribution is 0.455. The van der Waals surface area contributed by atoms with E-state index >= 15 is 0 Å². The van der Waals surface area contributed by atoms with Crippen molar-refractivity contribution in [2.24, 2.45) is 17.8 Å². The van der Waals surface area contributed by atoms with E-state index in [1.807, 2.05) is 37.0 Å². The number of imidazole rings is 1. The van der Waals surface area contributed by atoms with Crippen LogP contribution in [0.3, 0.4) is 0 Å². The Morgan fingerprint density at radius 1 is 1.33 bits per heavy atom. The average molecular weight is 417 g/mol. The summed E-state index contributed by atoms with van der Waals surface area (Å²) in [5.74, 6) is 3.84. The summed E-state index contributed by atoms with van der Waals surface area (Å²) in [4.78, 5) is 11.3. The molecule has 0 bridgehead atoms. The fraction of sp³-hybridized carbons (Fsp3) is 0.429. The molecule has 2 heterocycles. The van der Waals surface area contributed by atoms with E-state index in [9.17, 15) is 0 Å². The molecule has 0 radical (unpaired) electrons. The Labute approximate surface area is 146 Å². The van der Waals surface area contributed by atoms with Crippen LogP contribution in [0, 0.1) is 0 Å². The van der Waals surface area contributed by atoms with Gasteiger partial charge in [0, 0.05) is 31.6 Å². The molecule has 0 saturated carbocycles. The molecule has 0 aliphatic carbocycles. The van der Waals surface area contributed by atoms with Crippen molar-refractivity contribution in [2.75, 3.05) is 24.6 Å². The minimum absolute atomic E-state index is 0. The molecule has 5 nitrogen and oxygen atoms in total. The van der Waals surface area contributed by atoms with Gasteiger partial charge in [-0.2, -0.15) is 11.8 Å². The van der Waals surface area contributed by atoms with Gasteiger partial charge in [0.1, 0.15) is 12.4 Å². The van der Waals surface area contributed by atoms with Crippen molar-refractivity contribution in [3.05, 3.63) is 30.1 Å². The van der Waals surface area contributed by atoms with Gasteiger partial charge in [-0.25, -0.2) is 9.98 Å². The van der Waals surface area contributed by atoms with E-state index < -0.39 is 0 Å². The number of para-hydroxylation sites is 2. The largest absolute Gasteiger partial charge is 0.370 e. The summed E-state index contributed by atoms with van der Waals surface area (Å²) in [6, 6.07) is 8.12. The van der Waals surface area contributed by atoms with Gasteiger partial charge in [-0.05, 0) is 12.1 Å². The third kappa shape index (κ3) is 3.63. The molecular formula is C14H20IN5S. The van der Waals surface area contributed by atoms with Crippen LogP contribution in [0.2, 0.25) is 0 Å². The highest BCUT2D eigenvalue weighted by atomic mass is 127. The Morgan fingerprint density at radius 2 is 2.05 bits per heavy atom. The van der Waals surface area contributed by atoms with Crippen LogP contribution in [0.1, 0.15) is 5.82 Å². The fourth-order valence-corrected chi connectivity index (χ4v) is 3.28. The van der Waals surface area contributed by atoms with Crippen molar-refractivity contribution in [2.45, 2.75) is 6.54 Å². The monoisotopic (exact) mass is 417 g/mol. The Hall–Kier alpha value is -0.960. The second kappa shape index (κ2) is 7.35. The lowest BCUT2D eigenvalue weighted by Gasteiger charge is -2.27. The molecule has 1 aromatic carbocycles. The topological polar surface area (TPSA) is 59.4 Å². The predicted octanol–water partition coefficient (Wildman–Crippen LogP) is 2.05. The molecule has 7 heteroatoms. The summed E-state index contributed by atoms with van der Waals surface area (Å²) in [5, 5.41) is 0. The van der Waals surface area contributed by atoms with Gasteiger partial charge in [0.05, 0.1) is 11.0 Å². The van der Waals surface area contributed by atoms with Crippen molar-refractivity contribution < 1.29 is 0 Å². The van der Waals surface area contributed by atoms with Gasteiger partial charge < -0.3 is 15.2 Å². The molecule has 3 rings (SSSR count). The van der Waals surface area contributed by atoms with E-state index in [4.69, 9.17) is 5.73 Å². The molecule has 0 spiro atoms. The summed E-state index contributed by atoms with van der Waals surface area (Å²) in [7, 11) is 2.02. The van der Waals surface area contributed by atoms with E-state index in [2.05, 4.69) is 25.5 Å². The van der Waals surface area contributed by atoms with Crippen LogP contribution in [-0.4, -0.2) is 45.0 Å². The van der Waals surface area contributed by atoms with Crippen LogP contribution < -0.4 is 5.73 Å². The van der Waals surface area contributed by atoms with Gasteiger partial charge >= 0.3 is 0 Å². The van der Waals surface area contributed by atoms with Crippen molar-refractivity contribution in [1.82, 2.24) is 14.5 Å². The summed E-state index contributed by atoms with van der Waals surface area (Å²) in [6.07, 6.45) is 0. The van der Waals surface area contributed by atoms with E-state index in [1.165, 1.54) is 0 Å². The lowest BCUT2D eigenvalue weighted by Crippen LogP contribution is -2.42. The first kappa shape index (κ1) is 16.4. The number of rotatable bonds is 2. The molecule has 114 valence electrons. The minimum Gasteiger partial charge on any atom is -0.370 e. The van der Waals surface area contributed by atoms with Gasteiger partial charge in [0.15, 0.2) is 5.96 Å². The summed E-state index contributed by atoms with van der Waals surface area (Å²) < 4.78 is 2.08. The SMILES string of the molecule is Cn1c(CN=C(N)N2CCSCC2)nc2ccccc21.I. The molecule has 0 atom stereocenters. The van der Waals surface area contributed by atoms with Crippen molar-refractivity contribution in [1.29, 1.82) is 0 Å². The highest BCUT2D eigenvalue weighted by Gasteiger charge is 2.12. The van der Waals surface area contributed by atoms with Gasteiger partial charge in [-0.3, -0.25) is 0 Å². The van der Waals surface area contributed by atoms with Gasteiger partial charge in [-0.15, -0.1) is 24.0 Å². The number of hydrogen-bond donors (Lipinski definition) is 1. The number of nitrogens with zero attached hydrogens (tertiary/aromatic N) is 4. The molecule has 2 aromatic rings. The van der Waals surface area contributed by atoms with Crippen molar-refractivity contribution >= 4 is 52.7 Å². The van der Waals surface area contributed by atoms with Crippen molar-refractivity contribution in [3.63, 3.8) is 0 Å². The Kier molecular flexibility index (Phi) is 5.74. The van der Waals surface area contributed by atoms with E-state index in [-0.39, 0.29) is 24.0 Å². The maximum Gasteiger partial charge on any atom is 0.191 e. The van der Waals surface area contributed by atoms with Crippen LogP contribution in [0.15, 0.2) is 29.3 Å². The number of aromatic nitrogens is 2. The Morgan fingerprint density at radius 3 is 2.76 bits per heavy atom. The molecule has 0 unspecified atom stereocenters. The molecule has 2 N–H and O–H groups in total. The number of nitrogens with two attached hydrogens (primary N) is 1. The highest BCUT2D eigenvalue weighted by molar-refractivity contribution is 14.0. The summed E-state index contributed by atoms with van der Waals surface area (Å²) in [5.41, 5.74) is 8.21. The van der Waals surface area contributed by atoms with Gasteiger partial charge in [0.25, 0.3) is 0 Å². The maximum atomic E-state index is 6.07. The first-order valence-electron chi connectivity index (χ1n) is 6.78. The molecule has 1 aromatic heterocycles. The molecule has 1 fully saturated rings. The molecular weight excluding hydrogens is 397 g/mol. The third-order valence-corrected chi connectivity index (χ3v) is 4.54. The number of benzene rings is 1. The smallest absolute Gasteiger partial charge is 0.191 e. The zero-order valence-corrected chi connectivity index (χ0v) is 15.2. The normalized spacial score (nSPS) is 16.0. The Bertz CT molecular complexity index is 633. The van der Waals surface area contributed by atoms with Gasteiger partial charge in [0.2, 0.25) is 0 Å². The number of halogens is 1. The molecule has 21 heavy (non-hydrogen) atoms. The third-order valence-electron chi connectivity index (χ3n) is 3.60.